The van der Waals surface area contributed by atoms with Gasteiger partial charge in [-0.25, -0.2) is 0 Å². The highest BCUT2D eigenvalue weighted by Gasteiger charge is 2.79. The molecule has 1 aliphatic carbocycles. The first-order valence-electron chi connectivity index (χ1n) is 4.15. The summed E-state index contributed by atoms with van der Waals surface area (Å²) in [4.78, 5) is 0. The summed E-state index contributed by atoms with van der Waals surface area (Å²) in [5.41, 5.74) is 5.17. The quantitative estimate of drug-likeness (QED) is 0.457. The molecule has 5 heteroatoms. The van der Waals surface area contributed by atoms with Crippen molar-refractivity contribution in [1.29, 1.82) is 0 Å². The highest BCUT2D eigenvalue weighted by molar-refractivity contribution is 6.12. The van der Waals surface area contributed by atoms with Crippen LogP contribution in [0.25, 0.3) is 0 Å². The molecule has 2 unspecified atom stereocenters. The normalized spacial score (nSPS) is 66.7. The minimum absolute atomic E-state index is 0.00463. The standard InChI is InChI=1S/C7H10BNO3/c8-5-3-4-6(2-9,12-5)1-7(4,10)11-3/h3-5,10H,1-2,9H2/t3-,4?,5+,6+,7?/m0/s1. The van der Waals surface area contributed by atoms with E-state index in [2.05, 4.69) is 0 Å². The van der Waals surface area contributed by atoms with Gasteiger partial charge in [-0.1, -0.05) is 0 Å². The first-order chi connectivity index (χ1) is 5.61. The van der Waals surface area contributed by atoms with E-state index in [-0.39, 0.29) is 12.0 Å². The smallest absolute Gasteiger partial charge is 0.176 e. The molecule has 1 saturated carbocycles. The summed E-state index contributed by atoms with van der Waals surface area (Å²) >= 11 is 0. The molecule has 0 aromatic heterocycles. The minimum Gasteiger partial charge on any atom is -0.377 e. The lowest BCUT2D eigenvalue weighted by atomic mass is 9.58. The molecule has 4 nitrogen and oxygen atoms in total. The van der Waals surface area contributed by atoms with Gasteiger partial charge >= 0.3 is 0 Å². The van der Waals surface area contributed by atoms with Gasteiger partial charge < -0.3 is 20.3 Å². The van der Waals surface area contributed by atoms with E-state index in [1.165, 1.54) is 0 Å². The third-order valence-corrected chi connectivity index (χ3v) is 3.31. The molecule has 0 spiro atoms. The predicted molar refractivity (Wildman–Crippen MR) is 40.3 cm³/mol. The van der Waals surface area contributed by atoms with E-state index in [9.17, 15) is 5.11 Å². The van der Waals surface area contributed by atoms with E-state index in [1.54, 1.807) is 0 Å². The van der Waals surface area contributed by atoms with Gasteiger partial charge in [-0.3, -0.25) is 0 Å². The topological polar surface area (TPSA) is 64.7 Å². The molecule has 12 heavy (non-hydrogen) atoms. The number of hydrogen-bond donors (Lipinski definition) is 2. The number of rotatable bonds is 1. The molecule has 0 bridgehead atoms. The lowest BCUT2D eigenvalue weighted by Gasteiger charge is -2.63. The monoisotopic (exact) mass is 167 g/mol. The van der Waals surface area contributed by atoms with Crippen LogP contribution in [0, 0.1) is 5.92 Å². The van der Waals surface area contributed by atoms with Crippen LogP contribution in [-0.4, -0.2) is 43.0 Å². The van der Waals surface area contributed by atoms with Crippen LogP contribution in [0.15, 0.2) is 0 Å². The summed E-state index contributed by atoms with van der Waals surface area (Å²) in [5, 5.41) is 9.65. The maximum Gasteiger partial charge on any atom is 0.176 e. The number of ether oxygens (including phenoxy) is 2. The van der Waals surface area contributed by atoms with Crippen molar-refractivity contribution in [2.75, 3.05) is 6.54 Å². The molecule has 2 heterocycles. The number of nitrogens with two attached hydrogens (primary N) is 1. The summed E-state index contributed by atoms with van der Waals surface area (Å²) in [6.07, 6.45) is 0.318. The molecular weight excluding hydrogens is 157 g/mol. The Bertz CT molecular complexity index is 247. The average Bonchev–Trinajstić information content (AvgIpc) is 2.09. The van der Waals surface area contributed by atoms with Gasteiger partial charge in [-0.2, -0.15) is 0 Å². The minimum atomic E-state index is -0.974. The summed E-state index contributed by atoms with van der Waals surface area (Å²) < 4.78 is 10.7. The summed E-state index contributed by atoms with van der Waals surface area (Å²) in [7, 11) is 5.64. The maximum atomic E-state index is 9.65. The third kappa shape index (κ3) is 0.519. The van der Waals surface area contributed by atoms with Gasteiger partial charge in [0.1, 0.15) is 7.85 Å². The Morgan fingerprint density at radius 3 is 2.83 bits per heavy atom. The van der Waals surface area contributed by atoms with Crippen LogP contribution in [0.1, 0.15) is 6.42 Å². The Labute approximate surface area is 71.4 Å². The summed E-state index contributed by atoms with van der Waals surface area (Å²) in [6.45, 7) is 0.410. The highest BCUT2D eigenvalue weighted by atomic mass is 16.7. The average molecular weight is 167 g/mol. The van der Waals surface area contributed by atoms with Crippen molar-refractivity contribution in [3.63, 3.8) is 0 Å². The first kappa shape index (κ1) is 7.32. The van der Waals surface area contributed by atoms with Crippen molar-refractivity contribution >= 4 is 7.85 Å². The number of aliphatic hydroxyl groups is 1. The highest BCUT2D eigenvalue weighted by Crippen LogP contribution is 2.65. The fourth-order valence-electron chi connectivity index (χ4n) is 2.79. The molecule has 2 aliphatic heterocycles. The Balaban J connectivity index is 1.94. The molecule has 0 aromatic carbocycles. The Hall–Kier alpha value is -0.0951. The molecule has 0 amide bonds. The second kappa shape index (κ2) is 1.72. The Morgan fingerprint density at radius 2 is 2.33 bits per heavy atom. The van der Waals surface area contributed by atoms with Crippen LogP contribution < -0.4 is 5.73 Å². The van der Waals surface area contributed by atoms with Gasteiger partial charge in [-0.15, -0.1) is 0 Å². The van der Waals surface area contributed by atoms with Crippen molar-refractivity contribution in [2.45, 2.75) is 29.9 Å². The lowest BCUT2D eigenvalue weighted by molar-refractivity contribution is -0.428. The molecule has 0 aromatic rings. The Morgan fingerprint density at radius 1 is 1.58 bits per heavy atom. The van der Waals surface area contributed by atoms with Gasteiger partial charge in [0, 0.05) is 19.0 Å². The van der Waals surface area contributed by atoms with Crippen molar-refractivity contribution < 1.29 is 14.6 Å². The molecule has 3 aliphatic rings. The second-order valence-corrected chi connectivity index (χ2v) is 3.93. The van der Waals surface area contributed by atoms with E-state index < -0.39 is 17.4 Å². The van der Waals surface area contributed by atoms with Crippen molar-refractivity contribution in [3.8, 4) is 0 Å². The maximum absolute atomic E-state index is 9.65. The van der Waals surface area contributed by atoms with Crippen LogP contribution in [0.5, 0.6) is 0 Å². The predicted octanol–water partition coefficient (Wildman–Crippen LogP) is -1.68. The first-order valence-corrected chi connectivity index (χ1v) is 4.15. The zero-order valence-electron chi connectivity index (χ0n) is 6.56. The third-order valence-electron chi connectivity index (χ3n) is 3.31. The fourth-order valence-corrected chi connectivity index (χ4v) is 2.79. The number of hydrogen-bond acceptors (Lipinski definition) is 4. The molecular formula is C7H10BNO3. The Kier molecular flexibility index (Phi) is 1.05. The van der Waals surface area contributed by atoms with Gasteiger partial charge in [0.25, 0.3) is 0 Å². The van der Waals surface area contributed by atoms with Crippen molar-refractivity contribution in [3.05, 3.63) is 0 Å². The van der Waals surface area contributed by atoms with Crippen LogP contribution in [0.2, 0.25) is 0 Å². The van der Waals surface area contributed by atoms with Crippen LogP contribution >= 0.6 is 0 Å². The van der Waals surface area contributed by atoms with Gasteiger partial charge in [-0.05, 0) is 0 Å². The van der Waals surface area contributed by atoms with Crippen LogP contribution in [-0.2, 0) is 9.47 Å². The van der Waals surface area contributed by atoms with Crippen LogP contribution in [0.4, 0.5) is 0 Å². The van der Waals surface area contributed by atoms with Crippen molar-refractivity contribution in [2.24, 2.45) is 11.7 Å². The van der Waals surface area contributed by atoms with E-state index in [1.807, 2.05) is 0 Å². The zero-order valence-corrected chi connectivity index (χ0v) is 6.56. The van der Waals surface area contributed by atoms with Crippen molar-refractivity contribution in [1.82, 2.24) is 0 Å². The van der Waals surface area contributed by atoms with E-state index in [4.69, 9.17) is 23.1 Å². The molecule has 3 rings (SSSR count). The molecule has 3 fully saturated rings. The summed E-state index contributed by atoms with van der Waals surface area (Å²) in [5.74, 6) is -0.969. The van der Waals surface area contributed by atoms with E-state index >= 15 is 0 Å². The molecule has 3 N–H and O–H groups in total. The molecule has 64 valence electrons. The van der Waals surface area contributed by atoms with Gasteiger partial charge in [0.2, 0.25) is 0 Å². The molecule has 5 atom stereocenters. The second-order valence-electron chi connectivity index (χ2n) is 3.93. The van der Waals surface area contributed by atoms with Gasteiger partial charge in [0.05, 0.1) is 17.6 Å². The SMILES string of the molecule is [B][C@@H]1O[C@@]2(CN)CC3(O)O[C@H]1C32. The zero-order chi connectivity index (χ0) is 8.56. The van der Waals surface area contributed by atoms with E-state index in [0.717, 1.165) is 0 Å². The fraction of sp³-hybridized carbons (Fsp3) is 1.00. The lowest BCUT2D eigenvalue weighted by Crippen LogP contribution is -2.78. The summed E-state index contributed by atoms with van der Waals surface area (Å²) in [6, 6.07) is -0.415. The van der Waals surface area contributed by atoms with E-state index in [0.29, 0.717) is 13.0 Å². The molecule has 2 saturated heterocycles. The van der Waals surface area contributed by atoms with Crippen LogP contribution in [0.3, 0.4) is 0 Å². The largest absolute Gasteiger partial charge is 0.377 e. The van der Waals surface area contributed by atoms with Gasteiger partial charge in [0.15, 0.2) is 5.79 Å². The molecule has 2 radical (unpaired) electrons.